The van der Waals surface area contributed by atoms with Crippen LogP contribution in [0.2, 0.25) is 0 Å². The standard InChI is InChI=1S/C33H30N2O2.C4H8/c1-22-19-26(14-13-25-9-5-4-6-10-25)15-17-30(22)35-31(34-29-12-8-7-11-28(29)33(35)37)18-16-27-20-23(2)32(36)24(3)21-27;1-3-4-2/h5,9-12,15-21,36H,4,6-8H2,1-3H3;3-4H,1-2H3/b18-16+;4-3-. The van der Waals surface area contributed by atoms with Crippen molar-refractivity contribution >= 4 is 24.3 Å². The van der Waals surface area contributed by atoms with E-state index in [1.807, 2.05) is 101 Å². The highest BCUT2D eigenvalue weighted by atomic mass is 16.3. The zero-order chi connectivity index (χ0) is 29.4. The van der Waals surface area contributed by atoms with Crippen molar-refractivity contribution in [1.29, 1.82) is 0 Å². The third-order valence-corrected chi connectivity index (χ3v) is 7.08. The first-order valence-corrected chi connectivity index (χ1v) is 14.2. The Labute approximate surface area is 243 Å². The molecule has 208 valence electrons. The van der Waals surface area contributed by atoms with E-state index in [1.54, 1.807) is 4.57 Å². The van der Waals surface area contributed by atoms with Crippen molar-refractivity contribution < 1.29 is 5.11 Å². The molecule has 4 heteroatoms. The summed E-state index contributed by atoms with van der Waals surface area (Å²) in [6.07, 6.45) is 22.0. The summed E-state index contributed by atoms with van der Waals surface area (Å²) < 4.78 is 1.70. The largest absolute Gasteiger partial charge is 0.507 e. The Kier molecular flexibility index (Phi) is 9.77. The predicted molar refractivity (Wildman–Crippen MR) is 172 cm³/mol. The van der Waals surface area contributed by atoms with E-state index >= 15 is 0 Å². The molecule has 41 heavy (non-hydrogen) atoms. The summed E-state index contributed by atoms with van der Waals surface area (Å²) in [6.45, 7) is 9.76. The summed E-state index contributed by atoms with van der Waals surface area (Å²) in [5, 5.41) is 11.5. The summed E-state index contributed by atoms with van der Waals surface area (Å²) in [5.41, 5.74) is 6.19. The maximum absolute atomic E-state index is 13.7. The molecule has 2 aliphatic rings. The molecule has 0 saturated carbocycles. The number of hydrogen-bond donors (Lipinski definition) is 1. The average Bonchev–Trinajstić information content (AvgIpc) is 2.99. The first kappa shape index (κ1) is 29.4. The molecule has 0 atom stereocenters. The van der Waals surface area contributed by atoms with Crippen molar-refractivity contribution in [2.45, 2.75) is 60.3 Å². The van der Waals surface area contributed by atoms with Crippen LogP contribution >= 0.6 is 0 Å². The Morgan fingerprint density at radius 3 is 2.22 bits per heavy atom. The van der Waals surface area contributed by atoms with E-state index in [0.717, 1.165) is 70.1 Å². The van der Waals surface area contributed by atoms with Crippen LogP contribution in [0, 0.1) is 32.6 Å². The summed E-state index contributed by atoms with van der Waals surface area (Å²) in [6, 6.07) is 9.80. The van der Waals surface area contributed by atoms with E-state index in [9.17, 15) is 9.90 Å². The molecule has 0 unspecified atom stereocenters. The van der Waals surface area contributed by atoms with Crippen molar-refractivity contribution in [3.8, 4) is 23.3 Å². The fraction of sp³-hybridized carbons (Fsp3) is 0.243. The van der Waals surface area contributed by atoms with Gasteiger partial charge in [-0.2, -0.15) is 0 Å². The Hall–Kier alpha value is -4.62. The zero-order valence-electron chi connectivity index (χ0n) is 24.7. The van der Waals surface area contributed by atoms with E-state index < -0.39 is 0 Å². The van der Waals surface area contributed by atoms with Crippen LogP contribution in [0.25, 0.3) is 30.0 Å². The van der Waals surface area contributed by atoms with E-state index in [4.69, 9.17) is 4.98 Å². The second kappa shape index (κ2) is 13.6. The highest BCUT2D eigenvalue weighted by Crippen LogP contribution is 2.24. The first-order valence-electron chi connectivity index (χ1n) is 14.2. The molecule has 0 radical (unpaired) electrons. The highest BCUT2D eigenvalue weighted by Gasteiger charge is 2.13. The number of rotatable bonds is 3. The van der Waals surface area contributed by atoms with Gasteiger partial charge in [-0.25, -0.2) is 4.98 Å². The van der Waals surface area contributed by atoms with Crippen LogP contribution in [0.15, 0.2) is 71.1 Å². The molecule has 0 aliphatic heterocycles. The Balaban J connectivity index is 0.000000909. The van der Waals surface area contributed by atoms with Gasteiger partial charge < -0.3 is 5.11 Å². The van der Waals surface area contributed by atoms with E-state index in [-0.39, 0.29) is 5.56 Å². The predicted octanol–water partition coefficient (Wildman–Crippen LogP) is 6.60. The number of fused-ring (bicyclic) bond motifs is 1. The number of benzene rings is 2. The summed E-state index contributed by atoms with van der Waals surface area (Å²) in [7, 11) is 0. The summed E-state index contributed by atoms with van der Waals surface area (Å²) >= 11 is 0. The Morgan fingerprint density at radius 1 is 0.854 bits per heavy atom. The third-order valence-electron chi connectivity index (χ3n) is 7.08. The molecule has 2 aliphatic carbocycles. The van der Waals surface area contributed by atoms with Crippen molar-refractivity contribution in [2.75, 3.05) is 0 Å². The minimum atomic E-state index is -0.0712. The lowest BCUT2D eigenvalue weighted by molar-refractivity contribution is 0.467. The summed E-state index contributed by atoms with van der Waals surface area (Å²) in [5.74, 6) is 7.38. The molecule has 3 aromatic rings. The Morgan fingerprint density at radius 2 is 1.56 bits per heavy atom. The molecule has 1 heterocycles. The Bertz CT molecular complexity index is 1790. The number of aryl methyl sites for hydroxylation is 3. The number of allylic oxidation sites excluding steroid dienone is 6. The van der Waals surface area contributed by atoms with Crippen LogP contribution in [-0.4, -0.2) is 14.7 Å². The second-order valence-corrected chi connectivity index (χ2v) is 10.3. The monoisotopic (exact) mass is 542 g/mol. The van der Waals surface area contributed by atoms with E-state index in [2.05, 4.69) is 30.1 Å². The van der Waals surface area contributed by atoms with E-state index in [1.165, 1.54) is 0 Å². The quantitative estimate of drug-likeness (QED) is 0.300. The number of phenols is 1. The van der Waals surface area contributed by atoms with Gasteiger partial charge in [0.15, 0.2) is 0 Å². The number of aromatic nitrogens is 2. The topological polar surface area (TPSA) is 55.1 Å². The fourth-order valence-electron chi connectivity index (χ4n) is 4.80. The van der Waals surface area contributed by atoms with Crippen LogP contribution in [0.5, 0.6) is 5.75 Å². The molecule has 0 fully saturated rings. The lowest BCUT2D eigenvalue weighted by Crippen LogP contribution is -2.48. The van der Waals surface area contributed by atoms with Crippen LogP contribution in [0.3, 0.4) is 0 Å². The van der Waals surface area contributed by atoms with Gasteiger partial charge in [0.25, 0.3) is 5.56 Å². The van der Waals surface area contributed by atoms with Gasteiger partial charge in [0.05, 0.1) is 16.3 Å². The van der Waals surface area contributed by atoms with Crippen molar-refractivity contribution in [3.63, 3.8) is 0 Å². The van der Waals surface area contributed by atoms with Gasteiger partial charge in [-0.3, -0.25) is 9.36 Å². The number of nitrogens with zero attached hydrogens (tertiary/aromatic N) is 2. The van der Waals surface area contributed by atoms with Crippen molar-refractivity contribution in [3.05, 3.63) is 121 Å². The maximum atomic E-state index is 13.7. The molecule has 0 amide bonds. The van der Waals surface area contributed by atoms with Crippen LogP contribution in [0.4, 0.5) is 0 Å². The third kappa shape index (κ3) is 7.13. The minimum absolute atomic E-state index is 0.0712. The molecular weight excluding hydrogens is 504 g/mol. The lowest BCUT2D eigenvalue weighted by Gasteiger charge is -2.14. The number of phenolic OH excluding ortho intramolecular Hbond substituents is 1. The van der Waals surface area contributed by atoms with Gasteiger partial charge >= 0.3 is 0 Å². The van der Waals surface area contributed by atoms with Gasteiger partial charge in [-0.05, 0) is 119 Å². The summed E-state index contributed by atoms with van der Waals surface area (Å²) in [4.78, 5) is 18.6. The molecule has 0 bridgehead atoms. The minimum Gasteiger partial charge on any atom is -0.507 e. The molecule has 4 nitrogen and oxygen atoms in total. The molecular formula is C37H38N2O2. The lowest BCUT2D eigenvalue weighted by atomic mass is 10.0. The number of hydrogen-bond acceptors (Lipinski definition) is 3. The molecule has 5 rings (SSSR count). The molecule has 2 aromatic carbocycles. The molecule has 0 spiro atoms. The zero-order valence-corrected chi connectivity index (χ0v) is 24.7. The van der Waals surface area contributed by atoms with Crippen LogP contribution < -0.4 is 16.1 Å². The van der Waals surface area contributed by atoms with Gasteiger partial charge in [0, 0.05) is 11.1 Å². The number of aromatic hydroxyl groups is 1. The average molecular weight is 543 g/mol. The van der Waals surface area contributed by atoms with E-state index in [0.29, 0.717) is 16.8 Å². The van der Waals surface area contributed by atoms with Crippen LogP contribution in [-0.2, 0) is 0 Å². The van der Waals surface area contributed by atoms with Crippen molar-refractivity contribution in [2.24, 2.45) is 0 Å². The normalized spacial score (nSPS) is 13.8. The molecule has 1 N–H and O–H groups in total. The fourth-order valence-corrected chi connectivity index (χ4v) is 4.80. The second-order valence-electron chi connectivity index (χ2n) is 10.3. The maximum Gasteiger partial charge on any atom is 0.265 e. The van der Waals surface area contributed by atoms with Gasteiger partial charge in [0.2, 0.25) is 0 Å². The van der Waals surface area contributed by atoms with Crippen LogP contribution in [0.1, 0.15) is 73.2 Å². The van der Waals surface area contributed by atoms with Crippen molar-refractivity contribution in [1.82, 2.24) is 9.55 Å². The van der Waals surface area contributed by atoms with Gasteiger partial charge in [0.1, 0.15) is 11.6 Å². The van der Waals surface area contributed by atoms with Gasteiger partial charge in [-0.15, -0.1) is 0 Å². The molecule has 1 aromatic heterocycles. The highest BCUT2D eigenvalue weighted by molar-refractivity contribution is 5.69. The smallest absolute Gasteiger partial charge is 0.265 e. The molecule has 0 saturated heterocycles. The van der Waals surface area contributed by atoms with Gasteiger partial charge in [-0.1, -0.05) is 60.4 Å². The SMILES string of the molecule is C/C=C\C.Cc1cc(C#CC2=CCCC=C2)ccc1-n1c(/C=C/c2cc(C)c(O)c(C)c2)nc2c(c1=O)=CCCC=2. The first-order chi connectivity index (χ1) is 19.8.